The molecular weight excluding hydrogens is 380 g/mol. The molecule has 2 amide bonds. The molecule has 28 heavy (non-hydrogen) atoms. The smallest absolute Gasteiger partial charge is 0.328 e. The standard InChI is InChI=1S/C20H25ClN4O3/c1-4-12(2)16(19(26)28-3)24-20(27)25-10-9-15-17(23-11-22-15)18(25)13-5-7-14(21)8-6-13/h5-8,11-12,16,18H,4,9-10H2,1-3H3,(H,22,23)(H,24,27)/t12-,16+,18-/m1/s1. The summed E-state index contributed by atoms with van der Waals surface area (Å²) in [5.74, 6) is -0.487. The lowest BCUT2D eigenvalue weighted by Gasteiger charge is -2.36. The molecule has 2 N–H and O–H groups in total. The lowest BCUT2D eigenvalue weighted by Crippen LogP contribution is -2.53. The quantitative estimate of drug-likeness (QED) is 0.748. The van der Waals surface area contributed by atoms with Crippen molar-refractivity contribution in [1.82, 2.24) is 20.2 Å². The van der Waals surface area contributed by atoms with E-state index < -0.39 is 12.0 Å². The third-order valence-corrected chi connectivity index (χ3v) is 5.57. The van der Waals surface area contributed by atoms with Gasteiger partial charge in [0.25, 0.3) is 0 Å². The van der Waals surface area contributed by atoms with E-state index in [0.29, 0.717) is 18.0 Å². The van der Waals surface area contributed by atoms with Crippen LogP contribution in [0.3, 0.4) is 0 Å². The van der Waals surface area contributed by atoms with Gasteiger partial charge in [0.1, 0.15) is 12.1 Å². The van der Waals surface area contributed by atoms with Crippen molar-refractivity contribution in [3.63, 3.8) is 0 Å². The molecule has 0 saturated carbocycles. The Morgan fingerprint density at radius 1 is 1.39 bits per heavy atom. The predicted octanol–water partition coefficient (Wildman–Crippen LogP) is 3.31. The van der Waals surface area contributed by atoms with Gasteiger partial charge in [0, 0.05) is 23.7 Å². The Morgan fingerprint density at radius 2 is 2.11 bits per heavy atom. The number of carbonyl (C=O) groups is 2. The molecule has 0 spiro atoms. The molecule has 0 aliphatic carbocycles. The molecule has 1 aliphatic rings. The number of hydrogen-bond acceptors (Lipinski definition) is 4. The Balaban J connectivity index is 1.91. The maximum absolute atomic E-state index is 13.2. The molecule has 0 bridgehead atoms. The van der Waals surface area contributed by atoms with Gasteiger partial charge in [0.2, 0.25) is 0 Å². The van der Waals surface area contributed by atoms with E-state index in [-0.39, 0.29) is 18.0 Å². The van der Waals surface area contributed by atoms with Crippen molar-refractivity contribution < 1.29 is 14.3 Å². The first-order valence-corrected chi connectivity index (χ1v) is 9.76. The van der Waals surface area contributed by atoms with Gasteiger partial charge in [0.05, 0.1) is 19.1 Å². The highest BCUT2D eigenvalue weighted by Crippen LogP contribution is 2.34. The van der Waals surface area contributed by atoms with Crippen molar-refractivity contribution in [3.8, 4) is 0 Å². The largest absolute Gasteiger partial charge is 0.467 e. The summed E-state index contributed by atoms with van der Waals surface area (Å²) in [6, 6.07) is 6.00. The minimum Gasteiger partial charge on any atom is -0.467 e. The molecule has 0 fully saturated rings. The van der Waals surface area contributed by atoms with Gasteiger partial charge >= 0.3 is 12.0 Å². The van der Waals surface area contributed by atoms with Crippen LogP contribution < -0.4 is 5.32 Å². The molecule has 2 heterocycles. The van der Waals surface area contributed by atoms with Crippen LogP contribution in [0.1, 0.15) is 43.3 Å². The third-order valence-electron chi connectivity index (χ3n) is 5.32. The summed E-state index contributed by atoms with van der Waals surface area (Å²) in [7, 11) is 1.33. The Labute approximate surface area is 169 Å². The maximum Gasteiger partial charge on any atom is 0.328 e. The second kappa shape index (κ2) is 8.65. The molecule has 3 atom stereocenters. The van der Waals surface area contributed by atoms with Gasteiger partial charge in [-0.1, -0.05) is 44.0 Å². The number of fused-ring (bicyclic) bond motifs is 1. The van der Waals surface area contributed by atoms with E-state index in [1.807, 2.05) is 26.0 Å². The molecule has 0 unspecified atom stereocenters. The number of aromatic nitrogens is 2. The predicted molar refractivity (Wildman–Crippen MR) is 106 cm³/mol. The molecule has 0 saturated heterocycles. The Morgan fingerprint density at radius 3 is 2.75 bits per heavy atom. The number of aromatic amines is 1. The molecular formula is C20H25ClN4O3. The zero-order valence-corrected chi connectivity index (χ0v) is 17.0. The number of H-pyrrole nitrogens is 1. The second-order valence-electron chi connectivity index (χ2n) is 7.00. The molecule has 3 rings (SSSR count). The van der Waals surface area contributed by atoms with E-state index >= 15 is 0 Å². The van der Waals surface area contributed by atoms with Crippen LogP contribution in [0.5, 0.6) is 0 Å². The Bertz CT molecular complexity index is 836. The first-order chi connectivity index (χ1) is 13.5. The van der Waals surface area contributed by atoms with Gasteiger partial charge < -0.3 is 19.9 Å². The summed E-state index contributed by atoms with van der Waals surface area (Å²) in [6.45, 7) is 4.39. The van der Waals surface area contributed by atoms with Crippen LogP contribution in [0, 0.1) is 5.92 Å². The number of urea groups is 1. The van der Waals surface area contributed by atoms with E-state index in [1.54, 1.807) is 23.4 Å². The van der Waals surface area contributed by atoms with Crippen LogP contribution in [0.15, 0.2) is 30.6 Å². The van der Waals surface area contributed by atoms with Crippen LogP contribution in [0.25, 0.3) is 0 Å². The molecule has 1 aromatic heterocycles. The van der Waals surface area contributed by atoms with Crippen LogP contribution in [-0.2, 0) is 16.0 Å². The Hall–Kier alpha value is -2.54. The van der Waals surface area contributed by atoms with E-state index in [0.717, 1.165) is 23.4 Å². The summed E-state index contributed by atoms with van der Waals surface area (Å²) in [6.07, 6.45) is 3.05. The number of halogens is 1. The fourth-order valence-corrected chi connectivity index (χ4v) is 3.62. The summed E-state index contributed by atoms with van der Waals surface area (Å²) in [4.78, 5) is 34.7. The van der Waals surface area contributed by atoms with Gasteiger partial charge in [-0.3, -0.25) is 0 Å². The van der Waals surface area contributed by atoms with Crippen LogP contribution >= 0.6 is 11.6 Å². The van der Waals surface area contributed by atoms with Gasteiger partial charge in [-0.2, -0.15) is 0 Å². The van der Waals surface area contributed by atoms with E-state index in [1.165, 1.54) is 7.11 Å². The normalized spacial score (nSPS) is 18.1. The molecule has 7 nitrogen and oxygen atoms in total. The molecule has 8 heteroatoms. The number of nitrogens with zero attached hydrogens (tertiary/aromatic N) is 2. The summed E-state index contributed by atoms with van der Waals surface area (Å²) >= 11 is 6.03. The Kier molecular flexibility index (Phi) is 6.24. The number of methoxy groups -OCH3 is 1. The molecule has 2 aromatic rings. The fourth-order valence-electron chi connectivity index (χ4n) is 3.49. The first-order valence-electron chi connectivity index (χ1n) is 9.38. The monoisotopic (exact) mass is 404 g/mol. The minimum absolute atomic E-state index is 0.0453. The molecule has 0 radical (unpaired) electrons. The number of nitrogens with one attached hydrogen (secondary N) is 2. The number of esters is 1. The number of imidazole rings is 1. The second-order valence-corrected chi connectivity index (χ2v) is 7.44. The average Bonchev–Trinajstić information content (AvgIpc) is 3.19. The molecule has 1 aliphatic heterocycles. The van der Waals surface area contributed by atoms with Crippen LogP contribution in [0.4, 0.5) is 4.79 Å². The van der Waals surface area contributed by atoms with Gasteiger partial charge in [-0.05, 0) is 23.6 Å². The molecule has 150 valence electrons. The van der Waals surface area contributed by atoms with Crippen molar-refractivity contribution in [3.05, 3.63) is 52.6 Å². The van der Waals surface area contributed by atoms with Crippen molar-refractivity contribution in [2.75, 3.05) is 13.7 Å². The van der Waals surface area contributed by atoms with Crippen molar-refractivity contribution >= 4 is 23.6 Å². The number of carbonyl (C=O) groups excluding carboxylic acids is 2. The number of hydrogen-bond donors (Lipinski definition) is 2. The SMILES string of the molecule is CC[C@@H](C)[C@H](NC(=O)N1CCc2[nH]cnc2[C@H]1c1ccc(Cl)cc1)C(=O)OC. The highest BCUT2D eigenvalue weighted by atomic mass is 35.5. The summed E-state index contributed by atoms with van der Waals surface area (Å²) in [5.41, 5.74) is 2.73. The zero-order valence-electron chi connectivity index (χ0n) is 16.2. The van der Waals surface area contributed by atoms with Gasteiger partial charge in [-0.15, -0.1) is 0 Å². The van der Waals surface area contributed by atoms with Crippen molar-refractivity contribution in [1.29, 1.82) is 0 Å². The lowest BCUT2D eigenvalue weighted by molar-refractivity contribution is -0.144. The van der Waals surface area contributed by atoms with Gasteiger partial charge in [-0.25, -0.2) is 14.6 Å². The van der Waals surface area contributed by atoms with E-state index in [9.17, 15) is 9.59 Å². The van der Waals surface area contributed by atoms with Crippen molar-refractivity contribution in [2.24, 2.45) is 5.92 Å². The number of ether oxygens (including phenoxy) is 1. The highest BCUT2D eigenvalue weighted by molar-refractivity contribution is 6.30. The van der Waals surface area contributed by atoms with E-state index in [2.05, 4.69) is 15.3 Å². The number of benzene rings is 1. The first kappa shape index (κ1) is 20.2. The van der Waals surface area contributed by atoms with E-state index in [4.69, 9.17) is 16.3 Å². The zero-order chi connectivity index (χ0) is 20.3. The minimum atomic E-state index is -0.700. The van der Waals surface area contributed by atoms with Crippen molar-refractivity contribution in [2.45, 2.75) is 38.8 Å². The summed E-state index contributed by atoms with van der Waals surface area (Å²) < 4.78 is 4.89. The number of amides is 2. The third kappa shape index (κ3) is 3.99. The fraction of sp³-hybridized carbons (Fsp3) is 0.450. The average molecular weight is 405 g/mol. The number of rotatable bonds is 5. The summed E-state index contributed by atoms with van der Waals surface area (Å²) in [5, 5.41) is 3.50. The van der Waals surface area contributed by atoms with Crippen LogP contribution in [0.2, 0.25) is 5.02 Å². The highest BCUT2D eigenvalue weighted by Gasteiger charge is 2.36. The maximum atomic E-state index is 13.2. The topological polar surface area (TPSA) is 87.3 Å². The lowest BCUT2D eigenvalue weighted by atomic mass is 9.95. The molecule has 1 aromatic carbocycles. The van der Waals surface area contributed by atoms with Gasteiger partial charge in [0.15, 0.2) is 0 Å². The van der Waals surface area contributed by atoms with Crippen LogP contribution in [-0.4, -0.2) is 46.6 Å².